The maximum absolute atomic E-state index is 11.9. The summed E-state index contributed by atoms with van der Waals surface area (Å²) < 4.78 is 4.97. The van der Waals surface area contributed by atoms with E-state index in [9.17, 15) is 9.59 Å². The van der Waals surface area contributed by atoms with E-state index in [1.54, 1.807) is 12.1 Å². The molecule has 3 N–H and O–H groups in total. The molecule has 126 valence electrons. The Balaban J connectivity index is 1.87. The molecule has 1 atom stereocenters. The second-order valence-electron chi connectivity index (χ2n) is 5.15. The molecule has 0 radical (unpaired) electrons. The van der Waals surface area contributed by atoms with Gasteiger partial charge in [-0.2, -0.15) is 0 Å². The van der Waals surface area contributed by atoms with Crippen LogP contribution in [0.1, 0.15) is 28.9 Å². The first kappa shape index (κ1) is 18.1. The van der Waals surface area contributed by atoms with Gasteiger partial charge in [-0.25, -0.2) is 4.79 Å². The molecular formula is C17H16Cl2N2O3. The lowest BCUT2D eigenvalue weighted by Crippen LogP contribution is -2.31. The molecule has 0 bridgehead atoms. The summed E-state index contributed by atoms with van der Waals surface area (Å²) in [4.78, 5) is 23.8. The highest BCUT2D eigenvalue weighted by molar-refractivity contribution is 6.33. The number of hydrogen-bond donors (Lipinski definition) is 2. The normalized spacial score (nSPS) is 11.6. The van der Waals surface area contributed by atoms with E-state index in [2.05, 4.69) is 5.32 Å². The van der Waals surface area contributed by atoms with Gasteiger partial charge >= 0.3 is 5.97 Å². The van der Waals surface area contributed by atoms with Gasteiger partial charge in [0.05, 0.1) is 22.3 Å². The van der Waals surface area contributed by atoms with Crippen LogP contribution in [0, 0.1) is 0 Å². The van der Waals surface area contributed by atoms with Gasteiger partial charge in [0.25, 0.3) is 5.91 Å². The lowest BCUT2D eigenvalue weighted by molar-refractivity contribution is -0.124. The number of nitrogen functional groups attached to an aromatic ring is 1. The van der Waals surface area contributed by atoms with Gasteiger partial charge in [0, 0.05) is 5.02 Å². The number of anilines is 1. The molecule has 7 heteroatoms. The topological polar surface area (TPSA) is 81.4 Å². The van der Waals surface area contributed by atoms with Gasteiger partial charge in [-0.3, -0.25) is 4.79 Å². The van der Waals surface area contributed by atoms with Gasteiger partial charge in [-0.1, -0.05) is 35.3 Å². The Morgan fingerprint density at radius 1 is 1.17 bits per heavy atom. The number of carbonyl (C=O) groups excluding carboxylic acids is 2. The van der Waals surface area contributed by atoms with E-state index in [0.29, 0.717) is 10.0 Å². The fourth-order valence-corrected chi connectivity index (χ4v) is 2.25. The number of ether oxygens (including phenoxy) is 1. The molecule has 0 aliphatic carbocycles. The molecule has 0 spiro atoms. The number of amides is 1. The van der Waals surface area contributed by atoms with Crippen LogP contribution >= 0.6 is 23.2 Å². The van der Waals surface area contributed by atoms with Crippen LogP contribution in [0.4, 0.5) is 5.69 Å². The number of nitrogens with one attached hydrogen (secondary N) is 1. The van der Waals surface area contributed by atoms with Crippen molar-refractivity contribution in [3.8, 4) is 0 Å². The highest BCUT2D eigenvalue weighted by atomic mass is 35.5. The first-order valence-corrected chi connectivity index (χ1v) is 7.89. The van der Waals surface area contributed by atoms with Crippen molar-refractivity contribution in [3.63, 3.8) is 0 Å². The lowest BCUT2D eigenvalue weighted by Gasteiger charge is -2.14. The zero-order chi connectivity index (χ0) is 17.7. The van der Waals surface area contributed by atoms with Gasteiger partial charge in [0.1, 0.15) is 0 Å². The maximum atomic E-state index is 11.9. The van der Waals surface area contributed by atoms with Crippen LogP contribution in [-0.4, -0.2) is 18.5 Å². The number of rotatable bonds is 5. The Bertz CT molecular complexity index is 748. The van der Waals surface area contributed by atoms with Crippen molar-refractivity contribution in [3.05, 3.63) is 63.6 Å². The molecular weight excluding hydrogens is 351 g/mol. The van der Waals surface area contributed by atoms with Crippen LogP contribution < -0.4 is 11.1 Å². The minimum Gasteiger partial charge on any atom is -0.452 e. The molecule has 2 aromatic rings. The predicted octanol–water partition coefficient (Wildman–Crippen LogP) is 3.61. The number of carbonyl (C=O) groups is 2. The minimum absolute atomic E-state index is 0.232. The Morgan fingerprint density at radius 3 is 2.46 bits per heavy atom. The smallest absolute Gasteiger partial charge is 0.338 e. The predicted molar refractivity (Wildman–Crippen MR) is 94.2 cm³/mol. The van der Waals surface area contributed by atoms with E-state index >= 15 is 0 Å². The van der Waals surface area contributed by atoms with Gasteiger partial charge in [0.15, 0.2) is 6.61 Å². The first-order chi connectivity index (χ1) is 11.4. The SMILES string of the molecule is C[C@H](NC(=O)COC(=O)c1ccc(Cl)c(N)c1)c1ccc(Cl)cc1. The molecule has 1 amide bonds. The van der Waals surface area contributed by atoms with Crippen LogP contribution in [0.3, 0.4) is 0 Å². The third-order valence-electron chi connectivity index (χ3n) is 3.31. The van der Waals surface area contributed by atoms with Crippen LogP contribution in [0.5, 0.6) is 0 Å². The van der Waals surface area contributed by atoms with Crippen molar-refractivity contribution in [1.29, 1.82) is 0 Å². The summed E-state index contributed by atoms with van der Waals surface area (Å²) in [5.74, 6) is -1.06. The molecule has 0 aromatic heterocycles. The molecule has 0 fully saturated rings. The molecule has 5 nitrogen and oxygen atoms in total. The summed E-state index contributed by atoms with van der Waals surface area (Å²) in [6.45, 7) is 1.43. The van der Waals surface area contributed by atoms with Crippen LogP contribution in [0.15, 0.2) is 42.5 Å². The van der Waals surface area contributed by atoms with Crippen LogP contribution in [-0.2, 0) is 9.53 Å². The molecule has 24 heavy (non-hydrogen) atoms. The van der Waals surface area contributed by atoms with Crippen molar-refractivity contribution >= 4 is 40.8 Å². The van der Waals surface area contributed by atoms with E-state index in [1.165, 1.54) is 18.2 Å². The van der Waals surface area contributed by atoms with Crippen molar-refractivity contribution < 1.29 is 14.3 Å². The third-order valence-corrected chi connectivity index (χ3v) is 3.91. The zero-order valence-corrected chi connectivity index (χ0v) is 14.4. The minimum atomic E-state index is -0.646. The first-order valence-electron chi connectivity index (χ1n) is 7.14. The molecule has 2 rings (SSSR count). The van der Waals surface area contributed by atoms with Gasteiger partial charge in [-0.05, 0) is 42.8 Å². The molecule has 0 unspecified atom stereocenters. The summed E-state index contributed by atoms with van der Waals surface area (Å²) in [7, 11) is 0. The number of benzene rings is 2. The van der Waals surface area contributed by atoms with E-state index in [0.717, 1.165) is 5.56 Å². The fraction of sp³-hybridized carbons (Fsp3) is 0.176. The second kappa shape index (κ2) is 8.04. The highest BCUT2D eigenvalue weighted by Gasteiger charge is 2.14. The van der Waals surface area contributed by atoms with Crippen molar-refractivity contribution in [2.24, 2.45) is 0 Å². The second-order valence-corrected chi connectivity index (χ2v) is 6.00. The standard InChI is InChI=1S/C17H16Cl2N2O3/c1-10(11-2-5-13(18)6-3-11)21-16(22)9-24-17(23)12-4-7-14(19)15(20)8-12/h2-8,10H,9,20H2,1H3,(H,21,22)/t10-/m0/s1. The Morgan fingerprint density at radius 2 is 1.83 bits per heavy atom. The van der Waals surface area contributed by atoms with E-state index in [1.807, 2.05) is 19.1 Å². The van der Waals surface area contributed by atoms with Crippen molar-refractivity contribution in [2.75, 3.05) is 12.3 Å². The number of esters is 1. The Labute approximate surface area is 149 Å². The monoisotopic (exact) mass is 366 g/mol. The lowest BCUT2D eigenvalue weighted by atomic mass is 10.1. The molecule has 0 saturated heterocycles. The van der Waals surface area contributed by atoms with E-state index in [-0.39, 0.29) is 23.9 Å². The van der Waals surface area contributed by atoms with Crippen molar-refractivity contribution in [1.82, 2.24) is 5.32 Å². The molecule has 0 saturated carbocycles. The summed E-state index contributed by atoms with van der Waals surface area (Å²) in [5.41, 5.74) is 7.02. The summed E-state index contributed by atoms with van der Waals surface area (Å²) >= 11 is 11.6. The van der Waals surface area contributed by atoms with Crippen LogP contribution in [0.25, 0.3) is 0 Å². The van der Waals surface area contributed by atoms with Gasteiger partial charge in [-0.15, -0.1) is 0 Å². The maximum Gasteiger partial charge on any atom is 0.338 e. The average Bonchev–Trinajstić information content (AvgIpc) is 2.55. The number of nitrogens with two attached hydrogens (primary N) is 1. The molecule has 0 aliphatic heterocycles. The zero-order valence-electron chi connectivity index (χ0n) is 12.9. The van der Waals surface area contributed by atoms with Gasteiger partial charge in [0.2, 0.25) is 0 Å². The third kappa shape index (κ3) is 4.88. The Kier molecular flexibility index (Phi) is 6.06. The number of hydrogen-bond acceptors (Lipinski definition) is 4. The quantitative estimate of drug-likeness (QED) is 0.625. The largest absolute Gasteiger partial charge is 0.452 e. The van der Waals surface area contributed by atoms with E-state index in [4.69, 9.17) is 33.7 Å². The molecule has 0 aliphatic rings. The molecule has 0 heterocycles. The van der Waals surface area contributed by atoms with Crippen molar-refractivity contribution in [2.45, 2.75) is 13.0 Å². The fourth-order valence-electron chi connectivity index (χ4n) is 2.00. The summed E-state index contributed by atoms with van der Waals surface area (Å²) in [6, 6.07) is 11.3. The summed E-state index contributed by atoms with van der Waals surface area (Å²) in [5, 5.41) is 3.71. The Hall–Kier alpha value is -2.24. The molecule has 2 aromatic carbocycles. The average molecular weight is 367 g/mol. The number of halogens is 2. The van der Waals surface area contributed by atoms with Gasteiger partial charge < -0.3 is 15.8 Å². The summed E-state index contributed by atoms with van der Waals surface area (Å²) in [6.07, 6.45) is 0. The van der Waals surface area contributed by atoms with Crippen LogP contribution in [0.2, 0.25) is 10.0 Å². The highest BCUT2D eigenvalue weighted by Crippen LogP contribution is 2.20. The van der Waals surface area contributed by atoms with E-state index < -0.39 is 11.9 Å².